The van der Waals surface area contributed by atoms with Crippen molar-refractivity contribution in [3.63, 3.8) is 0 Å². The maximum Gasteiger partial charge on any atom is 0.176 e. The molecular formula is C7H2F4S2. The highest BCUT2D eigenvalue weighted by atomic mass is 32.2. The second-order valence-corrected chi connectivity index (χ2v) is 4.66. The molecule has 6 heteroatoms. The first kappa shape index (κ1) is 9.21. The van der Waals surface area contributed by atoms with E-state index in [4.69, 9.17) is 0 Å². The third kappa shape index (κ3) is 1.23. The normalized spacial score (nSPS) is 14.8. The SMILES string of the molecule is Fc1c(F)c2c(F)c(F)c1SCS2. The predicted octanol–water partition coefficient (Wildman–Crippen LogP) is 3.40. The smallest absolute Gasteiger partial charge is 0.176 e. The van der Waals surface area contributed by atoms with Gasteiger partial charge in [0.15, 0.2) is 23.3 Å². The topological polar surface area (TPSA) is 0 Å². The third-order valence-corrected chi connectivity index (χ3v) is 3.83. The van der Waals surface area contributed by atoms with Gasteiger partial charge in [-0.25, -0.2) is 17.6 Å². The molecule has 0 aromatic heterocycles. The van der Waals surface area contributed by atoms with E-state index in [-0.39, 0.29) is 5.08 Å². The standard InChI is InChI=1S/C7H2F4S2/c8-2-3(9)7-5(11)4(10)6(2)12-1-13-7/h1H2. The van der Waals surface area contributed by atoms with Crippen molar-refractivity contribution in [1.29, 1.82) is 0 Å². The highest BCUT2D eigenvalue weighted by Crippen LogP contribution is 2.42. The summed E-state index contributed by atoms with van der Waals surface area (Å²) in [6, 6.07) is 0. The van der Waals surface area contributed by atoms with Crippen LogP contribution in [0.15, 0.2) is 9.79 Å². The van der Waals surface area contributed by atoms with Gasteiger partial charge in [0.2, 0.25) is 0 Å². The zero-order valence-corrected chi connectivity index (χ0v) is 7.67. The zero-order chi connectivity index (χ0) is 9.59. The van der Waals surface area contributed by atoms with Crippen LogP contribution in [0.25, 0.3) is 0 Å². The molecule has 0 aliphatic carbocycles. The molecule has 13 heavy (non-hydrogen) atoms. The van der Waals surface area contributed by atoms with E-state index in [1.165, 1.54) is 0 Å². The van der Waals surface area contributed by atoms with Gasteiger partial charge >= 0.3 is 0 Å². The van der Waals surface area contributed by atoms with E-state index >= 15 is 0 Å². The fourth-order valence-corrected chi connectivity index (χ4v) is 3.04. The van der Waals surface area contributed by atoms with Crippen LogP contribution in [0, 0.1) is 23.3 Å². The molecule has 0 saturated heterocycles. The molecule has 2 bridgehead atoms. The summed E-state index contributed by atoms with van der Waals surface area (Å²) < 4.78 is 51.7. The molecule has 1 aromatic rings. The van der Waals surface area contributed by atoms with Crippen molar-refractivity contribution in [2.75, 3.05) is 5.08 Å². The third-order valence-electron chi connectivity index (χ3n) is 1.59. The van der Waals surface area contributed by atoms with Gasteiger partial charge in [0.05, 0.1) is 9.79 Å². The largest absolute Gasteiger partial charge is 0.202 e. The number of rotatable bonds is 0. The van der Waals surface area contributed by atoms with E-state index in [0.717, 1.165) is 23.5 Å². The summed E-state index contributed by atoms with van der Waals surface area (Å²) in [6.07, 6.45) is 0. The Labute approximate surface area is 79.7 Å². The van der Waals surface area contributed by atoms with E-state index in [1.54, 1.807) is 0 Å². The number of thioether (sulfide) groups is 2. The van der Waals surface area contributed by atoms with Crippen molar-refractivity contribution in [2.45, 2.75) is 9.79 Å². The van der Waals surface area contributed by atoms with Crippen molar-refractivity contribution >= 4 is 23.5 Å². The van der Waals surface area contributed by atoms with Crippen LogP contribution in [-0.2, 0) is 0 Å². The first-order chi connectivity index (χ1) is 6.13. The Morgan fingerprint density at radius 2 is 1.00 bits per heavy atom. The maximum absolute atomic E-state index is 12.9. The Morgan fingerprint density at radius 1 is 0.692 bits per heavy atom. The molecule has 0 amide bonds. The van der Waals surface area contributed by atoms with Crippen molar-refractivity contribution in [3.8, 4) is 0 Å². The summed E-state index contributed by atoms with van der Waals surface area (Å²) in [7, 11) is 0. The van der Waals surface area contributed by atoms with Gasteiger partial charge in [0.25, 0.3) is 0 Å². The van der Waals surface area contributed by atoms with E-state index in [0.29, 0.717) is 0 Å². The van der Waals surface area contributed by atoms with Gasteiger partial charge in [0, 0.05) is 5.08 Å². The number of fused-ring (bicyclic) bond motifs is 4. The molecule has 0 fully saturated rings. The van der Waals surface area contributed by atoms with Crippen molar-refractivity contribution in [3.05, 3.63) is 23.3 Å². The number of hydrogen-bond acceptors (Lipinski definition) is 2. The van der Waals surface area contributed by atoms with Gasteiger partial charge in [-0.05, 0) is 0 Å². The van der Waals surface area contributed by atoms with E-state index in [9.17, 15) is 17.6 Å². The fourth-order valence-electron chi connectivity index (χ4n) is 0.992. The summed E-state index contributed by atoms with van der Waals surface area (Å²) in [5.41, 5.74) is 0. The average molecular weight is 226 g/mol. The molecule has 0 nitrogen and oxygen atoms in total. The molecule has 70 valence electrons. The molecule has 1 aromatic carbocycles. The minimum atomic E-state index is -1.29. The van der Waals surface area contributed by atoms with Crippen LogP contribution in [0.1, 0.15) is 0 Å². The Morgan fingerprint density at radius 3 is 1.31 bits per heavy atom. The summed E-state index contributed by atoms with van der Waals surface area (Å²) in [6.45, 7) is 0. The van der Waals surface area contributed by atoms with Gasteiger partial charge < -0.3 is 0 Å². The molecule has 0 N–H and O–H groups in total. The highest BCUT2D eigenvalue weighted by Gasteiger charge is 2.28. The summed E-state index contributed by atoms with van der Waals surface area (Å²) >= 11 is 1.52. The lowest BCUT2D eigenvalue weighted by Gasteiger charge is -2.03. The summed E-state index contributed by atoms with van der Waals surface area (Å²) in [5, 5.41) is 0.215. The fraction of sp³-hybridized carbons (Fsp3) is 0.143. The van der Waals surface area contributed by atoms with Crippen LogP contribution in [-0.4, -0.2) is 5.08 Å². The van der Waals surface area contributed by atoms with Gasteiger partial charge in [-0.2, -0.15) is 0 Å². The van der Waals surface area contributed by atoms with Crippen LogP contribution in [0.3, 0.4) is 0 Å². The van der Waals surface area contributed by atoms with Crippen molar-refractivity contribution < 1.29 is 17.6 Å². The van der Waals surface area contributed by atoms with Gasteiger partial charge in [-0.3, -0.25) is 0 Å². The van der Waals surface area contributed by atoms with Gasteiger partial charge in [-0.1, -0.05) is 0 Å². The van der Waals surface area contributed by atoms with Crippen LogP contribution in [0.4, 0.5) is 17.6 Å². The molecule has 2 heterocycles. The second-order valence-electron chi connectivity index (χ2n) is 2.32. The van der Waals surface area contributed by atoms with Crippen molar-refractivity contribution in [2.24, 2.45) is 0 Å². The number of hydrogen-bond donors (Lipinski definition) is 0. The van der Waals surface area contributed by atoms with Crippen molar-refractivity contribution in [1.82, 2.24) is 0 Å². The number of halogens is 4. The summed E-state index contributed by atoms with van der Waals surface area (Å²) in [4.78, 5) is -1.13. The molecule has 0 spiro atoms. The van der Waals surface area contributed by atoms with Gasteiger partial charge in [0.1, 0.15) is 0 Å². The summed E-state index contributed by atoms with van der Waals surface area (Å²) in [5.74, 6) is -5.15. The maximum atomic E-state index is 12.9. The quantitative estimate of drug-likeness (QED) is 0.491. The monoisotopic (exact) mass is 226 g/mol. The molecular weight excluding hydrogens is 224 g/mol. The average Bonchev–Trinajstić information content (AvgIpc) is 2.33. The van der Waals surface area contributed by atoms with Crippen LogP contribution in [0.2, 0.25) is 0 Å². The minimum absolute atomic E-state index is 0.215. The highest BCUT2D eigenvalue weighted by molar-refractivity contribution is 8.16. The second kappa shape index (κ2) is 3.09. The Balaban J connectivity index is 2.82. The van der Waals surface area contributed by atoms with Gasteiger partial charge in [-0.15, -0.1) is 23.5 Å². The zero-order valence-electron chi connectivity index (χ0n) is 6.04. The molecule has 2 aliphatic heterocycles. The number of benzene rings is 1. The first-order valence-corrected chi connectivity index (χ1v) is 5.21. The van der Waals surface area contributed by atoms with Crippen LogP contribution in [0.5, 0.6) is 0 Å². The first-order valence-electron chi connectivity index (χ1n) is 3.24. The lowest BCUT2D eigenvalue weighted by molar-refractivity contribution is 0.402. The molecule has 0 unspecified atom stereocenters. The Bertz CT molecular complexity index is 313. The lowest BCUT2D eigenvalue weighted by Crippen LogP contribution is -1.98. The predicted molar refractivity (Wildman–Crippen MR) is 42.9 cm³/mol. The van der Waals surface area contributed by atoms with Crippen LogP contribution < -0.4 is 0 Å². The van der Waals surface area contributed by atoms with Crippen LogP contribution >= 0.6 is 23.5 Å². The molecule has 2 aliphatic rings. The molecule has 0 saturated carbocycles. The Hall–Kier alpha value is -0.360. The van der Waals surface area contributed by atoms with E-state index < -0.39 is 33.1 Å². The molecule has 0 radical (unpaired) electrons. The molecule has 3 rings (SSSR count). The Kier molecular flexibility index (Phi) is 2.19. The molecule has 0 atom stereocenters. The minimum Gasteiger partial charge on any atom is -0.202 e. The lowest BCUT2D eigenvalue weighted by atomic mass is 10.3. The van der Waals surface area contributed by atoms with E-state index in [2.05, 4.69) is 0 Å². The van der Waals surface area contributed by atoms with E-state index in [1.807, 2.05) is 0 Å².